The zero-order chi connectivity index (χ0) is 21.0. The summed E-state index contributed by atoms with van der Waals surface area (Å²) in [6.45, 7) is 3.83. The van der Waals surface area contributed by atoms with Crippen molar-refractivity contribution < 1.29 is 9.59 Å². The largest absolute Gasteiger partial charge is 0.369 e. The van der Waals surface area contributed by atoms with Crippen LogP contribution in [0.1, 0.15) is 17.5 Å². The van der Waals surface area contributed by atoms with E-state index >= 15 is 0 Å². The molecule has 1 atom stereocenters. The van der Waals surface area contributed by atoms with Gasteiger partial charge >= 0.3 is 0 Å². The number of anilines is 2. The molecule has 0 saturated carbocycles. The van der Waals surface area contributed by atoms with E-state index in [1.807, 2.05) is 44.2 Å². The van der Waals surface area contributed by atoms with Gasteiger partial charge in [-0.3, -0.25) is 14.9 Å². The molecule has 0 aromatic heterocycles. The van der Waals surface area contributed by atoms with Gasteiger partial charge < -0.3 is 16.4 Å². The van der Waals surface area contributed by atoms with Crippen molar-refractivity contribution >= 4 is 46.7 Å². The van der Waals surface area contributed by atoms with Crippen LogP contribution in [0.25, 0.3) is 0 Å². The maximum absolute atomic E-state index is 12.3. The molecule has 2 amide bonds. The minimum absolute atomic E-state index is 0.0553. The number of para-hydroxylation sites is 1. The van der Waals surface area contributed by atoms with E-state index < -0.39 is 11.9 Å². The maximum atomic E-state index is 12.3. The Morgan fingerprint density at radius 1 is 1.21 bits per heavy atom. The van der Waals surface area contributed by atoms with Gasteiger partial charge in [0.25, 0.3) is 5.91 Å². The second-order valence-electron chi connectivity index (χ2n) is 6.63. The Bertz CT molecular complexity index is 1020. The molecular formula is C20H21ClN6O2. The van der Waals surface area contributed by atoms with Crippen LogP contribution in [0, 0.1) is 13.8 Å². The van der Waals surface area contributed by atoms with E-state index in [-0.39, 0.29) is 24.2 Å². The topological polar surface area (TPSA) is 121 Å². The molecular weight excluding hydrogens is 392 g/mol. The van der Waals surface area contributed by atoms with Crippen molar-refractivity contribution in [3.05, 3.63) is 58.6 Å². The van der Waals surface area contributed by atoms with E-state index in [1.165, 1.54) is 0 Å². The van der Waals surface area contributed by atoms with Crippen LogP contribution in [0.15, 0.2) is 52.4 Å². The molecule has 5 N–H and O–H groups in total. The van der Waals surface area contributed by atoms with E-state index in [9.17, 15) is 9.59 Å². The van der Waals surface area contributed by atoms with Gasteiger partial charge in [-0.05, 0) is 43.2 Å². The normalized spacial score (nSPS) is 16.2. The first-order valence-electron chi connectivity index (χ1n) is 8.93. The fraction of sp³-hybridized carbons (Fsp3) is 0.200. The van der Waals surface area contributed by atoms with Crippen LogP contribution in [-0.2, 0) is 9.59 Å². The standard InChI is InChI=1S/C20H21ClN6O2/c1-11-7-8-15(13(21)9-11)23-17(28)10-16-18(29)26-20(25-16)27-19(22)24-14-6-4-3-5-12(14)2/h3-9,16H,10H2,1-2H3,(H,23,28)(H4,22,24,25,26,27,29). The summed E-state index contributed by atoms with van der Waals surface area (Å²) in [5.41, 5.74) is 9.14. The van der Waals surface area contributed by atoms with E-state index in [0.29, 0.717) is 10.7 Å². The lowest BCUT2D eigenvalue weighted by molar-refractivity contribution is -0.123. The van der Waals surface area contributed by atoms with Gasteiger partial charge in [0.1, 0.15) is 6.04 Å². The van der Waals surface area contributed by atoms with E-state index in [1.54, 1.807) is 12.1 Å². The van der Waals surface area contributed by atoms with Crippen molar-refractivity contribution in [3.63, 3.8) is 0 Å². The van der Waals surface area contributed by atoms with Crippen molar-refractivity contribution in [3.8, 4) is 0 Å². The first kappa shape index (κ1) is 20.3. The number of hydrogen-bond acceptors (Lipinski definition) is 4. The number of nitrogens with two attached hydrogens (primary N) is 1. The number of nitrogens with zero attached hydrogens (tertiary/aromatic N) is 2. The van der Waals surface area contributed by atoms with E-state index in [2.05, 4.69) is 25.9 Å². The first-order valence-corrected chi connectivity index (χ1v) is 9.31. The third-order valence-electron chi connectivity index (χ3n) is 4.23. The van der Waals surface area contributed by atoms with Gasteiger partial charge in [0.2, 0.25) is 17.8 Å². The van der Waals surface area contributed by atoms with Crippen LogP contribution in [0.4, 0.5) is 11.4 Å². The minimum Gasteiger partial charge on any atom is -0.369 e. The number of aryl methyl sites for hydroxylation is 2. The number of benzene rings is 2. The monoisotopic (exact) mass is 412 g/mol. The molecule has 1 aliphatic heterocycles. The van der Waals surface area contributed by atoms with Crippen molar-refractivity contribution in [1.82, 2.24) is 5.32 Å². The highest BCUT2D eigenvalue weighted by atomic mass is 35.5. The van der Waals surface area contributed by atoms with Crippen LogP contribution >= 0.6 is 11.6 Å². The van der Waals surface area contributed by atoms with E-state index in [0.717, 1.165) is 16.8 Å². The molecule has 2 aromatic rings. The highest BCUT2D eigenvalue weighted by Gasteiger charge is 2.28. The lowest BCUT2D eigenvalue weighted by Gasteiger charge is -2.09. The summed E-state index contributed by atoms with van der Waals surface area (Å²) in [5.74, 6) is -0.664. The molecule has 0 aliphatic carbocycles. The molecule has 1 heterocycles. The molecule has 2 aromatic carbocycles. The van der Waals surface area contributed by atoms with Crippen LogP contribution in [0.3, 0.4) is 0 Å². The average Bonchev–Trinajstić information content (AvgIpc) is 2.98. The summed E-state index contributed by atoms with van der Waals surface area (Å²) in [6.07, 6.45) is -0.139. The molecule has 1 unspecified atom stereocenters. The second-order valence-corrected chi connectivity index (χ2v) is 7.04. The Balaban J connectivity index is 1.63. The zero-order valence-electron chi connectivity index (χ0n) is 16.0. The molecule has 29 heavy (non-hydrogen) atoms. The predicted molar refractivity (Wildman–Crippen MR) is 115 cm³/mol. The number of guanidine groups is 2. The molecule has 8 nitrogen and oxygen atoms in total. The lowest BCUT2D eigenvalue weighted by Crippen LogP contribution is -2.32. The number of hydrogen-bond donors (Lipinski definition) is 4. The molecule has 0 saturated heterocycles. The summed E-state index contributed by atoms with van der Waals surface area (Å²) in [4.78, 5) is 32.6. The molecule has 0 fully saturated rings. The number of rotatable bonds is 4. The van der Waals surface area contributed by atoms with Gasteiger partial charge in [0, 0.05) is 5.69 Å². The Morgan fingerprint density at radius 2 is 1.97 bits per heavy atom. The number of halogens is 1. The van der Waals surface area contributed by atoms with Gasteiger partial charge in [0.05, 0.1) is 17.1 Å². The summed E-state index contributed by atoms with van der Waals surface area (Å²) >= 11 is 6.12. The average molecular weight is 413 g/mol. The molecule has 1 aliphatic rings. The molecule has 0 radical (unpaired) electrons. The predicted octanol–water partition coefficient (Wildman–Crippen LogP) is 2.57. The van der Waals surface area contributed by atoms with Gasteiger partial charge in [-0.2, -0.15) is 4.99 Å². The lowest BCUT2D eigenvalue weighted by atomic mass is 10.2. The van der Waals surface area contributed by atoms with Crippen LogP contribution in [0.5, 0.6) is 0 Å². The fourth-order valence-electron chi connectivity index (χ4n) is 2.72. The van der Waals surface area contributed by atoms with Gasteiger partial charge in [0.15, 0.2) is 0 Å². The van der Waals surface area contributed by atoms with E-state index in [4.69, 9.17) is 17.3 Å². The van der Waals surface area contributed by atoms with Crippen molar-refractivity contribution in [2.75, 3.05) is 10.6 Å². The molecule has 150 valence electrons. The Morgan fingerprint density at radius 3 is 2.69 bits per heavy atom. The van der Waals surface area contributed by atoms with Crippen LogP contribution in [-0.4, -0.2) is 29.8 Å². The SMILES string of the molecule is Cc1ccc(NC(=O)CC2N=C(/N=C(\N)Nc3ccccc3C)NC2=O)c(Cl)c1. The third kappa shape index (κ3) is 5.32. The molecule has 3 rings (SSSR count). The van der Waals surface area contributed by atoms with Gasteiger partial charge in [-0.25, -0.2) is 4.99 Å². The smallest absolute Gasteiger partial charge is 0.252 e. The summed E-state index contributed by atoms with van der Waals surface area (Å²) < 4.78 is 0. The van der Waals surface area contributed by atoms with Crippen molar-refractivity contribution in [2.45, 2.75) is 26.3 Å². The summed E-state index contributed by atoms with van der Waals surface area (Å²) in [6, 6.07) is 12.0. The fourth-order valence-corrected chi connectivity index (χ4v) is 3.00. The molecule has 0 bridgehead atoms. The first-order chi connectivity index (χ1) is 13.8. The Labute approximate surface area is 173 Å². The van der Waals surface area contributed by atoms with Gasteiger partial charge in [-0.15, -0.1) is 0 Å². The number of carbonyl (C=O) groups is 2. The summed E-state index contributed by atoms with van der Waals surface area (Å²) in [7, 11) is 0. The second kappa shape index (κ2) is 8.74. The molecule has 0 spiro atoms. The number of nitrogens with one attached hydrogen (secondary N) is 3. The zero-order valence-corrected chi connectivity index (χ0v) is 16.7. The third-order valence-corrected chi connectivity index (χ3v) is 4.54. The minimum atomic E-state index is -0.885. The number of aliphatic imine (C=N–C) groups is 2. The molecule has 9 heteroatoms. The van der Waals surface area contributed by atoms with Crippen LogP contribution < -0.4 is 21.7 Å². The highest BCUT2D eigenvalue weighted by Crippen LogP contribution is 2.23. The van der Waals surface area contributed by atoms with Crippen molar-refractivity contribution in [1.29, 1.82) is 0 Å². The quantitative estimate of drug-likeness (QED) is 0.455. The van der Waals surface area contributed by atoms with Crippen molar-refractivity contribution in [2.24, 2.45) is 15.7 Å². The highest BCUT2D eigenvalue weighted by molar-refractivity contribution is 6.33. The number of amides is 2. The van der Waals surface area contributed by atoms with Gasteiger partial charge in [-0.1, -0.05) is 35.9 Å². The Kier molecular flexibility index (Phi) is 6.13. The van der Waals surface area contributed by atoms with Crippen LogP contribution in [0.2, 0.25) is 5.02 Å². The maximum Gasteiger partial charge on any atom is 0.252 e. The summed E-state index contributed by atoms with van der Waals surface area (Å²) in [5, 5.41) is 8.59. The Hall–Kier alpha value is -3.39. The number of carbonyl (C=O) groups excluding carboxylic acids is 2.